The number of benzene rings is 1. The lowest BCUT2D eigenvalue weighted by Gasteiger charge is -2.04. The number of H-pyrrole nitrogens is 1. The SMILES string of the molecule is CCc1[nH]nc(C(=O)NCCc2cccc(Cl)c2)c1N. The second kappa shape index (κ2) is 6.43. The Hall–Kier alpha value is -2.01. The third-order valence-corrected chi connectivity index (χ3v) is 3.27. The van der Waals surface area contributed by atoms with E-state index in [1.165, 1.54) is 0 Å². The highest BCUT2D eigenvalue weighted by Crippen LogP contribution is 2.14. The van der Waals surface area contributed by atoms with Crippen molar-refractivity contribution in [2.45, 2.75) is 19.8 Å². The molecule has 1 aromatic heterocycles. The minimum absolute atomic E-state index is 0.257. The molecule has 1 amide bonds. The first-order chi connectivity index (χ1) is 9.61. The van der Waals surface area contributed by atoms with Crippen LogP contribution in [0.2, 0.25) is 5.02 Å². The van der Waals surface area contributed by atoms with E-state index in [0.29, 0.717) is 30.1 Å². The number of anilines is 1. The second-order valence-corrected chi connectivity index (χ2v) is 4.89. The molecule has 0 aliphatic heterocycles. The molecule has 0 atom stereocenters. The lowest BCUT2D eigenvalue weighted by Crippen LogP contribution is -2.26. The van der Waals surface area contributed by atoms with Crippen molar-refractivity contribution in [3.63, 3.8) is 0 Å². The number of nitrogens with one attached hydrogen (secondary N) is 2. The van der Waals surface area contributed by atoms with Crippen LogP contribution in [-0.2, 0) is 12.8 Å². The molecule has 0 saturated heterocycles. The molecule has 4 N–H and O–H groups in total. The smallest absolute Gasteiger partial charge is 0.273 e. The van der Waals surface area contributed by atoms with E-state index in [2.05, 4.69) is 15.5 Å². The third kappa shape index (κ3) is 3.30. The number of carbonyl (C=O) groups excluding carboxylic acids is 1. The molecule has 20 heavy (non-hydrogen) atoms. The number of aromatic nitrogens is 2. The van der Waals surface area contributed by atoms with Crippen LogP contribution in [0.25, 0.3) is 0 Å². The van der Waals surface area contributed by atoms with Gasteiger partial charge in [0.25, 0.3) is 5.91 Å². The first-order valence-electron chi connectivity index (χ1n) is 6.47. The van der Waals surface area contributed by atoms with E-state index < -0.39 is 0 Å². The molecule has 106 valence electrons. The minimum Gasteiger partial charge on any atom is -0.395 e. The van der Waals surface area contributed by atoms with Gasteiger partial charge in [0.05, 0.1) is 11.4 Å². The fourth-order valence-corrected chi connectivity index (χ4v) is 2.14. The Morgan fingerprint density at radius 3 is 2.95 bits per heavy atom. The Labute approximate surface area is 122 Å². The molecule has 0 fully saturated rings. The van der Waals surface area contributed by atoms with Gasteiger partial charge in [-0.25, -0.2) is 0 Å². The van der Waals surface area contributed by atoms with Crippen molar-refractivity contribution in [2.75, 3.05) is 12.3 Å². The number of hydrogen-bond acceptors (Lipinski definition) is 3. The topological polar surface area (TPSA) is 83.8 Å². The van der Waals surface area contributed by atoms with Crippen molar-refractivity contribution in [1.29, 1.82) is 0 Å². The van der Waals surface area contributed by atoms with Gasteiger partial charge in [0.1, 0.15) is 0 Å². The minimum atomic E-state index is -0.263. The molecule has 0 saturated carbocycles. The number of nitrogens with two attached hydrogens (primary N) is 1. The first-order valence-corrected chi connectivity index (χ1v) is 6.85. The zero-order chi connectivity index (χ0) is 14.5. The lowest BCUT2D eigenvalue weighted by atomic mass is 10.1. The maximum Gasteiger partial charge on any atom is 0.273 e. The van der Waals surface area contributed by atoms with Gasteiger partial charge in [-0.1, -0.05) is 30.7 Å². The standard InChI is InChI=1S/C14H17ClN4O/c1-2-11-12(16)13(19-18-11)14(20)17-7-6-9-4-3-5-10(15)8-9/h3-5,8H,2,6-7,16H2,1H3,(H,17,20)(H,18,19). The molecule has 0 radical (unpaired) electrons. The molecule has 2 aromatic rings. The zero-order valence-corrected chi connectivity index (χ0v) is 12.0. The molecule has 6 heteroatoms. The molecule has 0 bridgehead atoms. The summed E-state index contributed by atoms with van der Waals surface area (Å²) in [7, 11) is 0. The molecule has 0 aliphatic rings. The van der Waals surface area contributed by atoms with E-state index in [4.69, 9.17) is 17.3 Å². The highest BCUT2D eigenvalue weighted by Gasteiger charge is 2.15. The fraction of sp³-hybridized carbons (Fsp3) is 0.286. The van der Waals surface area contributed by atoms with Crippen molar-refractivity contribution < 1.29 is 4.79 Å². The number of nitrogen functional groups attached to an aromatic ring is 1. The molecule has 2 rings (SSSR count). The van der Waals surface area contributed by atoms with Gasteiger partial charge in [-0.15, -0.1) is 0 Å². The molecular formula is C14H17ClN4O. The molecular weight excluding hydrogens is 276 g/mol. The number of nitrogens with zero attached hydrogens (tertiary/aromatic N) is 1. The maximum atomic E-state index is 12.0. The van der Waals surface area contributed by atoms with Gasteiger partial charge in [-0.3, -0.25) is 9.89 Å². The van der Waals surface area contributed by atoms with Crippen molar-refractivity contribution in [3.8, 4) is 0 Å². The Balaban J connectivity index is 1.90. The Bertz CT molecular complexity index is 609. The Morgan fingerprint density at radius 1 is 1.50 bits per heavy atom. The van der Waals surface area contributed by atoms with Crippen LogP contribution in [0.1, 0.15) is 28.7 Å². The summed E-state index contributed by atoms with van der Waals surface area (Å²) < 4.78 is 0. The molecule has 1 aromatic carbocycles. The summed E-state index contributed by atoms with van der Waals surface area (Å²) in [5, 5.41) is 10.2. The summed E-state index contributed by atoms with van der Waals surface area (Å²) in [6.45, 7) is 2.46. The van der Waals surface area contributed by atoms with Crippen LogP contribution in [0, 0.1) is 0 Å². The van der Waals surface area contributed by atoms with E-state index in [1.54, 1.807) is 0 Å². The number of amides is 1. The largest absolute Gasteiger partial charge is 0.395 e. The van der Waals surface area contributed by atoms with Gasteiger partial charge in [0.15, 0.2) is 5.69 Å². The van der Waals surface area contributed by atoms with Crippen LogP contribution < -0.4 is 11.1 Å². The van der Waals surface area contributed by atoms with E-state index in [1.807, 2.05) is 31.2 Å². The van der Waals surface area contributed by atoms with Crippen molar-refractivity contribution in [2.24, 2.45) is 0 Å². The molecule has 5 nitrogen and oxygen atoms in total. The van der Waals surface area contributed by atoms with Gasteiger partial charge in [-0.2, -0.15) is 5.10 Å². The number of halogens is 1. The number of carbonyl (C=O) groups is 1. The van der Waals surface area contributed by atoms with Crippen LogP contribution in [0.5, 0.6) is 0 Å². The Morgan fingerprint density at radius 2 is 2.30 bits per heavy atom. The van der Waals surface area contributed by atoms with Crippen LogP contribution in [0.4, 0.5) is 5.69 Å². The first kappa shape index (κ1) is 14.4. The van der Waals surface area contributed by atoms with E-state index in [-0.39, 0.29) is 11.6 Å². The van der Waals surface area contributed by atoms with Crippen molar-refractivity contribution in [3.05, 3.63) is 46.2 Å². The summed E-state index contributed by atoms with van der Waals surface area (Å²) >= 11 is 5.90. The number of aryl methyl sites for hydroxylation is 1. The molecule has 0 unspecified atom stereocenters. The highest BCUT2D eigenvalue weighted by atomic mass is 35.5. The predicted octanol–water partition coefficient (Wildman–Crippen LogP) is 2.18. The monoisotopic (exact) mass is 292 g/mol. The van der Waals surface area contributed by atoms with Crippen molar-refractivity contribution >= 4 is 23.2 Å². The van der Waals surface area contributed by atoms with E-state index >= 15 is 0 Å². The lowest BCUT2D eigenvalue weighted by molar-refractivity contribution is 0.0950. The summed E-state index contributed by atoms with van der Waals surface area (Å²) in [6, 6.07) is 7.56. The van der Waals surface area contributed by atoms with Crippen LogP contribution in [0.3, 0.4) is 0 Å². The van der Waals surface area contributed by atoms with Crippen molar-refractivity contribution in [1.82, 2.24) is 15.5 Å². The van der Waals surface area contributed by atoms with Gasteiger partial charge in [-0.05, 0) is 30.5 Å². The number of hydrogen-bond donors (Lipinski definition) is 3. The second-order valence-electron chi connectivity index (χ2n) is 4.45. The molecule has 0 spiro atoms. The average Bonchev–Trinajstić information content (AvgIpc) is 2.80. The normalized spacial score (nSPS) is 10.5. The molecule has 0 aliphatic carbocycles. The summed E-state index contributed by atoms with van der Waals surface area (Å²) in [5.41, 5.74) is 8.38. The quantitative estimate of drug-likeness (QED) is 0.790. The van der Waals surface area contributed by atoms with Gasteiger partial charge >= 0.3 is 0 Å². The number of aromatic amines is 1. The molecule has 1 heterocycles. The predicted molar refractivity (Wildman–Crippen MR) is 79.9 cm³/mol. The summed E-state index contributed by atoms with van der Waals surface area (Å²) in [4.78, 5) is 12.0. The average molecular weight is 293 g/mol. The van der Waals surface area contributed by atoms with E-state index in [9.17, 15) is 4.79 Å². The number of rotatable bonds is 5. The fourth-order valence-electron chi connectivity index (χ4n) is 1.93. The Kier molecular flexibility index (Phi) is 4.63. The van der Waals surface area contributed by atoms with Gasteiger partial charge in [0.2, 0.25) is 0 Å². The van der Waals surface area contributed by atoms with Crippen LogP contribution in [0.15, 0.2) is 24.3 Å². The summed E-state index contributed by atoms with van der Waals surface area (Å²) in [6.07, 6.45) is 1.42. The van der Waals surface area contributed by atoms with Gasteiger partial charge in [0, 0.05) is 11.6 Å². The zero-order valence-electron chi connectivity index (χ0n) is 11.2. The third-order valence-electron chi connectivity index (χ3n) is 3.04. The maximum absolute atomic E-state index is 12.0. The highest BCUT2D eigenvalue weighted by molar-refractivity contribution is 6.30. The van der Waals surface area contributed by atoms with Crippen LogP contribution in [-0.4, -0.2) is 22.6 Å². The summed E-state index contributed by atoms with van der Waals surface area (Å²) in [5.74, 6) is -0.263. The van der Waals surface area contributed by atoms with Crippen LogP contribution >= 0.6 is 11.6 Å². The van der Waals surface area contributed by atoms with Gasteiger partial charge < -0.3 is 11.1 Å². The van der Waals surface area contributed by atoms with E-state index in [0.717, 1.165) is 11.3 Å².